The maximum atomic E-state index is 10.8. The monoisotopic (exact) mass is 206 g/mol. The SMILES string of the molecule is NC(=O)c1ccc(NC2CCOC2)cc1. The number of ether oxygens (including phenoxy) is 1. The van der Waals surface area contributed by atoms with E-state index in [2.05, 4.69) is 5.32 Å². The van der Waals surface area contributed by atoms with E-state index < -0.39 is 5.91 Å². The minimum atomic E-state index is -0.397. The lowest BCUT2D eigenvalue weighted by atomic mass is 10.2. The fourth-order valence-electron chi connectivity index (χ4n) is 1.61. The molecule has 1 fully saturated rings. The van der Waals surface area contributed by atoms with Crippen LogP contribution >= 0.6 is 0 Å². The molecule has 1 saturated heterocycles. The lowest BCUT2D eigenvalue weighted by Gasteiger charge is -2.11. The third-order valence-electron chi connectivity index (χ3n) is 2.47. The van der Waals surface area contributed by atoms with Crippen LogP contribution in [0.4, 0.5) is 5.69 Å². The Bertz CT molecular complexity index is 342. The van der Waals surface area contributed by atoms with E-state index in [1.165, 1.54) is 0 Å². The van der Waals surface area contributed by atoms with Gasteiger partial charge in [-0.2, -0.15) is 0 Å². The maximum Gasteiger partial charge on any atom is 0.248 e. The number of carbonyl (C=O) groups is 1. The predicted octanol–water partition coefficient (Wildman–Crippen LogP) is 0.986. The first kappa shape index (κ1) is 9.98. The number of carbonyl (C=O) groups excluding carboxylic acids is 1. The largest absolute Gasteiger partial charge is 0.380 e. The van der Waals surface area contributed by atoms with Gasteiger partial charge in [0.15, 0.2) is 0 Å². The summed E-state index contributed by atoms with van der Waals surface area (Å²) in [5.74, 6) is -0.397. The molecule has 0 bridgehead atoms. The van der Waals surface area contributed by atoms with E-state index in [1.807, 2.05) is 12.1 Å². The number of nitrogens with one attached hydrogen (secondary N) is 1. The third-order valence-corrected chi connectivity index (χ3v) is 2.47. The fourth-order valence-corrected chi connectivity index (χ4v) is 1.61. The van der Waals surface area contributed by atoms with E-state index in [4.69, 9.17) is 10.5 Å². The molecule has 0 spiro atoms. The number of hydrogen-bond donors (Lipinski definition) is 2. The van der Waals surface area contributed by atoms with Crippen LogP contribution in [0.3, 0.4) is 0 Å². The highest BCUT2D eigenvalue weighted by Crippen LogP contribution is 2.14. The Morgan fingerprint density at radius 2 is 2.13 bits per heavy atom. The molecule has 0 aliphatic carbocycles. The number of benzene rings is 1. The number of nitrogens with two attached hydrogens (primary N) is 1. The van der Waals surface area contributed by atoms with Gasteiger partial charge in [0.2, 0.25) is 5.91 Å². The van der Waals surface area contributed by atoms with Gasteiger partial charge in [-0.3, -0.25) is 4.79 Å². The zero-order valence-corrected chi connectivity index (χ0v) is 8.40. The number of primary amides is 1. The molecule has 1 amide bonds. The van der Waals surface area contributed by atoms with Gasteiger partial charge in [-0.1, -0.05) is 0 Å². The highest BCUT2D eigenvalue weighted by Gasteiger charge is 2.14. The van der Waals surface area contributed by atoms with Gasteiger partial charge in [-0.15, -0.1) is 0 Å². The third kappa shape index (κ3) is 2.47. The second-order valence-electron chi connectivity index (χ2n) is 3.65. The Morgan fingerprint density at radius 1 is 1.40 bits per heavy atom. The summed E-state index contributed by atoms with van der Waals surface area (Å²) in [5.41, 5.74) is 6.67. The Balaban J connectivity index is 2.00. The summed E-state index contributed by atoms with van der Waals surface area (Å²) in [7, 11) is 0. The molecule has 1 atom stereocenters. The van der Waals surface area contributed by atoms with Crippen molar-refractivity contribution in [3.63, 3.8) is 0 Å². The van der Waals surface area contributed by atoms with Crippen molar-refractivity contribution in [2.45, 2.75) is 12.5 Å². The molecule has 0 aromatic heterocycles. The van der Waals surface area contributed by atoms with Gasteiger partial charge in [0, 0.05) is 17.9 Å². The molecule has 0 radical (unpaired) electrons. The molecule has 1 aliphatic heterocycles. The summed E-state index contributed by atoms with van der Waals surface area (Å²) in [6, 6.07) is 7.54. The first-order valence-electron chi connectivity index (χ1n) is 5.00. The zero-order chi connectivity index (χ0) is 10.7. The predicted molar refractivity (Wildman–Crippen MR) is 57.8 cm³/mol. The van der Waals surface area contributed by atoms with Crippen LogP contribution in [0.15, 0.2) is 24.3 Å². The lowest BCUT2D eigenvalue weighted by Crippen LogP contribution is -2.19. The number of hydrogen-bond acceptors (Lipinski definition) is 3. The summed E-state index contributed by atoms with van der Waals surface area (Å²) in [6.07, 6.45) is 1.03. The number of amides is 1. The van der Waals surface area contributed by atoms with Gasteiger partial charge in [-0.05, 0) is 30.7 Å². The van der Waals surface area contributed by atoms with Crippen LogP contribution in [-0.4, -0.2) is 25.2 Å². The Labute approximate surface area is 88.4 Å². The standard InChI is InChI=1S/C11H14N2O2/c12-11(14)8-1-3-9(4-2-8)13-10-5-6-15-7-10/h1-4,10,13H,5-7H2,(H2,12,14). The van der Waals surface area contributed by atoms with Crippen LogP contribution in [0.5, 0.6) is 0 Å². The topological polar surface area (TPSA) is 64.4 Å². The summed E-state index contributed by atoms with van der Waals surface area (Å²) in [5, 5.41) is 3.33. The molecule has 3 N–H and O–H groups in total. The molecule has 2 rings (SSSR count). The fraction of sp³-hybridized carbons (Fsp3) is 0.364. The average Bonchev–Trinajstić information content (AvgIpc) is 2.71. The zero-order valence-electron chi connectivity index (χ0n) is 8.40. The molecule has 80 valence electrons. The summed E-state index contributed by atoms with van der Waals surface area (Å²) in [4.78, 5) is 10.8. The summed E-state index contributed by atoms with van der Waals surface area (Å²) < 4.78 is 5.25. The van der Waals surface area contributed by atoms with E-state index >= 15 is 0 Å². The van der Waals surface area contributed by atoms with E-state index in [0.29, 0.717) is 11.6 Å². The normalized spacial score (nSPS) is 20.1. The van der Waals surface area contributed by atoms with Crippen LogP contribution in [0.2, 0.25) is 0 Å². The van der Waals surface area contributed by atoms with Crippen LogP contribution in [0, 0.1) is 0 Å². The van der Waals surface area contributed by atoms with Crippen LogP contribution in [-0.2, 0) is 4.74 Å². The van der Waals surface area contributed by atoms with Crippen LogP contribution < -0.4 is 11.1 Å². The van der Waals surface area contributed by atoms with Gasteiger partial charge in [0.25, 0.3) is 0 Å². The van der Waals surface area contributed by atoms with Gasteiger partial charge >= 0.3 is 0 Å². The molecule has 1 heterocycles. The van der Waals surface area contributed by atoms with Crippen LogP contribution in [0.25, 0.3) is 0 Å². The Kier molecular flexibility index (Phi) is 2.87. The Hall–Kier alpha value is -1.55. The van der Waals surface area contributed by atoms with E-state index in [1.54, 1.807) is 12.1 Å². The van der Waals surface area contributed by atoms with Gasteiger partial charge in [0.1, 0.15) is 0 Å². The van der Waals surface area contributed by atoms with Gasteiger partial charge in [0.05, 0.1) is 12.6 Å². The number of rotatable bonds is 3. The molecule has 4 nitrogen and oxygen atoms in total. The summed E-state index contributed by atoms with van der Waals surface area (Å²) >= 11 is 0. The Morgan fingerprint density at radius 3 is 2.67 bits per heavy atom. The van der Waals surface area contributed by atoms with Crippen molar-refractivity contribution in [3.8, 4) is 0 Å². The van der Waals surface area contributed by atoms with Crippen molar-refractivity contribution in [3.05, 3.63) is 29.8 Å². The molecule has 0 saturated carbocycles. The van der Waals surface area contributed by atoms with Crippen molar-refractivity contribution in [1.82, 2.24) is 0 Å². The second kappa shape index (κ2) is 4.31. The van der Waals surface area contributed by atoms with E-state index in [9.17, 15) is 4.79 Å². The smallest absolute Gasteiger partial charge is 0.248 e. The average molecular weight is 206 g/mol. The molecule has 15 heavy (non-hydrogen) atoms. The van der Waals surface area contributed by atoms with Crippen LogP contribution in [0.1, 0.15) is 16.8 Å². The summed E-state index contributed by atoms with van der Waals surface area (Å²) in [6.45, 7) is 1.56. The van der Waals surface area contributed by atoms with E-state index in [-0.39, 0.29) is 0 Å². The molecular formula is C11H14N2O2. The van der Waals surface area contributed by atoms with Crippen molar-refractivity contribution in [2.24, 2.45) is 5.73 Å². The van der Waals surface area contributed by atoms with Gasteiger partial charge < -0.3 is 15.8 Å². The maximum absolute atomic E-state index is 10.8. The molecule has 1 aromatic carbocycles. The molecule has 1 aliphatic rings. The molecular weight excluding hydrogens is 192 g/mol. The van der Waals surface area contributed by atoms with Crippen molar-refractivity contribution >= 4 is 11.6 Å². The minimum absolute atomic E-state index is 0.379. The van der Waals surface area contributed by atoms with Crippen molar-refractivity contribution in [2.75, 3.05) is 18.5 Å². The quantitative estimate of drug-likeness (QED) is 0.775. The molecule has 1 unspecified atom stereocenters. The highest BCUT2D eigenvalue weighted by atomic mass is 16.5. The second-order valence-corrected chi connectivity index (χ2v) is 3.65. The molecule has 4 heteroatoms. The first-order valence-corrected chi connectivity index (χ1v) is 5.00. The van der Waals surface area contributed by atoms with Crippen molar-refractivity contribution in [1.29, 1.82) is 0 Å². The number of anilines is 1. The van der Waals surface area contributed by atoms with Crippen molar-refractivity contribution < 1.29 is 9.53 Å². The lowest BCUT2D eigenvalue weighted by molar-refractivity contribution is 0.100. The van der Waals surface area contributed by atoms with E-state index in [0.717, 1.165) is 25.3 Å². The highest BCUT2D eigenvalue weighted by molar-refractivity contribution is 5.93. The first-order chi connectivity index (χ1) is 7.25. The molecule has 1 aromatic rings. The van der Waals surface area contributed by atoms with Gasteiger partial charge in [-0.25, -0.2) is 0 Å². The minimum Gasteiger partial charge on any atom is -0.380 e.